The highest BCUT2D eigenvalue weighted by molar-refractivity contribution is 6.51. The minimum atomic E-state index is -0.841. The number of rotatable bonds is 5. The molecule has 1 fully saturated rings. The Labute approximate surface area is 228 Å². The Hall–Kier alpha value is -4.26. The van der Waals surface area contributed by atoms with Crippen LogP contribution in [0.3, 0.4) is 0 Å². The summed E-state index contributed by atoms with van der Waals surface area (Å²) in [7, 11) is 0. The highest BCUT2D eigenvalue weighted by Crippen LogP contribution is 2.44. The van der Waals surface area contributed by atoms with Crippen LogP contribution in [0.2, 0.25) is 0 Å². The summed E-state index contributed by atoms with van der Waals surface area (Å²) in [6.45, 7) is 11.0. The van der Waals surface area contributed by atoms with Crippen LogP contribution in [0.4, 0.5) is 5.69 Å². The van der Waals surface area contributed by atoms with E-state index in [1.165, 1.54) is 4.90 Å². The standard InChI is InChI=1S/C32H33NO6/c1-19(2)39-24-13-6-20(7-14-24)28-27(29(34)21-8-15-25-26(18-21)38-17-16-37-25)30(35)31(36)33(28)23-11-9-22(10-12-23)32(3,4)5/h6-15,18-19,28,34H,16-17H2,1-5H3/b29-27-. The Bertz CT molecular complexity index is 1430. The molecule has 5 rings (SSSR count). The van der Waals surface area contributed by atoms with Crippen LogP contribution in [0.1, 0.15) is 57.4 Å². The number of aliphatic hydroxyl groups is 1. The highest BCUT2D eigenvalue weighted by Gasteiger charge is 2.47. The van der Waals surface area contributed by atoms with Crippen LogP contribution in [0.25, 0.3) is 5.76 Å². The number of ketones is 1. The molecular weight excluding hydrogens is 494 g/mol. The number of anilines is 1. The topological polar surface area (TPSA) is 85.3 Å². The van der Waals surface area contributed by atoms with E-state index in [1.807, 2.05) is 62.4 Å². The molecule has 1 amide bonds. The van der Waals surface area contributed by atoms with Gasteiger partial charge in [-0.3, -0.25) is 14.5 Å². The SMILES string of the molecule is CC(C)Oc1ccc(C2/C(=C(/O)c3ccc4c(c3)OCCO4)C(=O)C(=O)N2c2ccc(C(C)(C)C)cc2)cc1. The second-order valence-corrected chi connectivity index (χ2v) is 11.1. The summed E-state index contributed by atoms with van der Waals surface area (Å²) in [5, 5.41) is 11.5. The molecule has 1 saturated heterocycles. The Morgan fingerprint density at radius 1 is 0.923 bits per heavy atom. The molecule has 7 nitrogen and oxygen atoms in total. The van der Waals surface area contributed by atoms with Crippen molar-refractivity contribution in [3.05, 3.63) is 89.0 Å². The van der Waals surface area contributed by atoms with Crippen LogP contribution in [0, 0.1) is 0 Å². The van der Waals surface area contributed by atoms with Crippen LogP contribution in [0.5, 0.6) is 17.2 Å². The summed E-state index contributed by atoms with van der Waals surface area (Å²) in [5.41, 5.74) is 2.64. The van der Waals surface area contributed by atoms with E-state index in [0.29, 0.717) is 47.3 Å². The number of ether oxygens (including phenoxy) is 3. The molecule has 2 aliphatic heterocycles. The molecule has 0 radical (unpaired) electrons. The van der Waals surface area contributed by atoms with Crippen LogP contribution in [-0.4, -0.2) is 36.1 Å². The Morgan fingerprint density at radius 2 is 1.56 bits per heavy atom. The summed E-state index contributed by atoms with van der Waals surface area (Å²) < 4.78 is 17.1. The fraction of sp³-hybridized carbons (Fsp3) is 0.312. The number of Topliss-reactive ketones (excluding diaryl/α,β-unsaturated/α-hetero) is 1. The van der Waals surface area contributed by atoms with Crippen molar-refractivity contribution < 1.29 is 28.9 Å². The van der Waals surface area contributed by atoms with Gasteiger partial charge in [0, 0.05) is 11.3 Å². The molecule has 0 saturated carbocycles. The van der Waals surface area contributed by atoms with Gasteiger partial charge in [-0.25, -0.2) is 0 Å². The van der Waals surface area contributed by atoms with Gasteiger partial charge in [-0.1, -0.05) is 45.0 Å². The first kappa shape index (κ1) is 26.4. The second-order valence-electron chi connectivity index (χ2n) is 11.1. The predicted octanol–water partition coefficient (Wildman–Crippen LogP) is 6.17. The number of hydrogen-bond donors (Lipinski definition) is 1. The average molecular weight is 528 g/mol. The lowest BCUT2D eigenvalue weighted by molar-refractivity contribution is -0.132. The second kappa shape index (κ2) is 10.1. The average Bonchev–Trinajstić information content (AvgIpc) is 3.17. The van der Waals surface area contributed by atoms with E-state index in [0.717, 1.165) is 5.56 Å². The van der Waals surface area contributed by atoms with E-state index in [-0.39, 0.29) is 22.9 Å². The molecule has 3 aromatic carbocycles. The number of amides is 1. The summed E-state index contributed by atoms with van der Waals surface area (Å²) in [6, 6.07) is 19.0. The quantitative estimate of drug-likeness (QED) is 0.243. The molecule has 0 bridgehead atoms. The molecule has 0 aliphatic carbocycles. The fourth-order valence-corrected chi connectivity index (χ4v) is 4.88. The highest BCUT2D eigenvalue weighted by atomic mass is 16.6. The van der Waals surface area contributed by atoms with Gasteiger partial charge in [0.25, 0.3) is 11.7 Å². The van der Waals surface area contributed by atoms with Gasteiger partial charge in [-0.15, -0.1) is 0 Å². The molecule has 0 spiro atoms. The molecule has 2 aliphatic rings. The zero-order valence-electron chi connectivity index (χ0n) is 22.9. The van der Waals surface area contributed by atoms with Crippen molar-refractivity contribution in [3.8, 4) is 17.2 Å². The third-order valence-corrected chi connectivity index (χ3v) is 6.84. The summed E-state index contributed by atoms with van der Waals surface area (Å²) in [6.07, 6.45) is -0.00183. The Morgan fingerprint density at radius 3 is 2.18 bits per heavy atom. The van der Waals surface area contributed by atoms with Gasteiger partial charge >= 0.3 is 0 Å². The monoisotopic (exact) mass is 527 g/mol. The Kier molecular flexibility index (Phi) is 6.85. The van der Waals surface area contributed by atoms with E-state index in [9.17, 15) is 14.7 Å². The molecule has 39 heavy (non-hydrogen) atoms. The number of nitrogens with zero attached hydrogens (tertiary/aromatic N) is 1. The maximum absolute atomic E-state index is 13.5. The van der Waals surface area contributed by atoms with Crippen LogP contribution >= 0.6 is 0 Å². The van der Waals surface area contributed by atoms with Crippen LogP contribution < -0.4 is 19.1 Å². The molecule has 3 aromatic rings. The fourth-order valence-electron chi connectivity index (χ4n) is 4.88. The molecule has 1 unspecified atom stereocenters. The van der Waals surface area contributed by atoms with Crippen molar-refractivity contribution in [2.75, 3.05) is 18.1 Å². The summed E-state index contributed by atoms with van der Waals surface area (Å²) in [4.78, 5) is 28.5. The van der Waals surface area contributed by atoms with E-state index in [2.05, 4.69) is 20.8 Å². The molecule has 1 atom stereocenters. The smallest absolute Gasteiger partial charge is 0.300 e. The molecular formula is C32H33NO6. The van der Waals surface area contributed by atoms with Gasteiger partial charge in [-0.05, 0) is 72.9 Å². The van der Waals surface area contributed by atoms with Gasteiger partial charge < -0.3 is 19.3 Å². The number of carbonyl (C=O) groups is 2. The van der Waals surface area contributed by atoms with Gasteiger partial charge in [0.2, 0.25) is 0 Å². The zero-order chi connectivity index (χ0) is 27.9. The first-order chi connectivity index (χ1) is 18.5. The maximum Gasteiger partial charge on any atom is 0.300 e. The minimum Gasteiger partial charge on any atom is -0.507 e. The first-order valence-electron chi connectivity index (χ1n) is 13.1. The van der Waals surface area contributed by atoms with Crippen LogP contribution in [-0.2, 0) is 15.0 Å². The normalized spacial score (nSPS) is 18.5. The van der Waals surface area contributed by atoms with E-state index < -0.39 is 17.7 Å². The van der Waals surface area contributed by atoms with Crippen molar-refractivity contribution in [1.29, 1.82) is 0 Å². The van der Waals surface area contributed by atoms with Crippen molar-refractivity contribution in [3.63, 3.8) is 0 Å². The Balaban J connectivity index is 1.64. The number of hydrogen-bond acceptors (Lipinski definition) is 6. The first-order valence-corrected chi connectivity index (χ1v) is 13.1. The molecule has 1 N–H and O–H groups in total. The zero-order valence-corrected chi connectivity index (χ0v) is 22.9. The lowest BCUT2D eigenvalue weighted by Gasteiger charge is -2.27. The third kappa shape index (κ3) is 5.09. The molecule has 202 valence electrons. The van der Waals surface area contributed by atoms with Gasteiger partial charge in [0.1, 0.15) is 24.7 Å². The maximum atomic E-state index is 13.5. The summed E-state index contributed by atoms with van der Waals surface area (Å²) in [5.74, 6) is -0.0165. The van der Waals surface area contributed by atoms with Crippen LogP contribution in [0.15, 0.2) is 72.3 Å². The lowest BCUT2D eigenvalue weighted by atomic mass is 9.87. The van der Waals surface area contributed by atoms with Gasteiger partial charge in [0.15, 0.2) is 11.5 Å². The number of fused-ring (bicyclic) bond motifs is 1. The van der Waals surface area contributed by atoms with E-state index in [4.69, 9.17) is 14.2 Å². The number of aliphatic hydroxyl groups excluding tert-OH is 1. The van der Waals surface area contributed by atoms with Gasteiger partial charge in [0.05, 0.1) is 17.7 Å². The largest absolute Gasteiger partial charge is 0.507 e. The predicted molar refractivity (Wildman–Crippen MR) is 150 cm³/mol. The van der Waals surface area contributed by atoms with Crippen molar-refractivity contribution >= 4 is 23.1 Å². The van der Waals surface area contributed by atoms with Crippen molar-refractivity contribution in [2.24, 2.45) is 0 Å². The number of benzene rings is 3. The van der Waals surface area contributed by atoms with Crippen molar-refractivity contribution in [1.82, 2.24) is 0 Å². The molecule has 2 heterocycles. The molecule has 7 heteroatoms. The summed E-state index contributed by atoms with van der Waals surface area (Å²) >= 11 is 0. The van der Waals surface area contributed by atoms with Crippen molar-refractivity contribution in [2.45, 2.75) is 52.2 Å². The molecule has 0 aromatic heterocycles. The number of carbonyl (C=O) groups excluding carboxylic acids is 2. The van der Waals surface area contributed by atoms with E-state index in [1.54, 1.807) is 18.2 Å². The third-order valence-electron chi connectivity index (χ3n) is 6.84. The van der Waals surface area contributed by atoms with E-state index >= 15 is 0 Å². The lowest BCUT2D eigenvalue weighted by Crippen LogP contribution is -2.29. The van der Waals surface area contributed by atoms with Gasteiger partial charge in [-0.2, -0.15) is 0 Å². The minimum absolute atomic E-state index is 0.00183.